The molecule has 1 aromatic carbocycles. The first kappa shape index (κ1) is 15.8. The van der Waals surface area contributed by atoms with Gasteiger partial charge in [-0.2, -0.15) is 0 Å². The van der Waals surface area contributed by atoms with Gasteiger partial charge in [0.2, 0.25) is 5.75 Å². The molecular formula is C15H11FN4O3S. The van der Waals surface area contributed by atoms with Crippen molar-refractivity contribution in [2.75, 3.05) is 5.32 Å². The molecule has 3 aromatic rings. The van der Waals surface area contributed by atoms with E-state index in [-0.39, 0.29) is 17.1 Å². The second-order valence-corrected chi connectivity index (χ2v) is 5.63. The Balaban J connectivity index is 1.84. The van der Waals surface area contributed by atoms with Crippen LogP contribution >= 0.6 is 11.3 Å². The molecule has 0 aliphatic carbocycles. The van der Waals surface area contributed by atoms with E-state index in [1.54, 1.807) is 12.3 Å². The normalized spacial score (nSPS) is 10.4. The molecule has 3 rings (SSSR count). The van der Waals surface area contributed by atoms with Crippen LogP contribution < -0.4 is 15.6 Å². The number of anilines is 1. The smallest absolute Gasteiger partial charge is 0.293 e. The van der Waals surface area contributed by atoms with Crippen LogP contribution in [0.4, 0.5) is 9.52 Å². The first-order valence-corrected chi connectivity index (χ1v) is 7.64. The highest BCUT2D eigenvalue weighted by molar-refractivity contribution is 7.13. The van der Waals surface area contributed by atoms with Gasteiger partial charge in [-0.1, -0.05) is 0 Å². The number of thiazole rings is 1. The molecule has 0 unspecified atom stereocenters. The number of aromatic amines is 1. The Morgan fingerprint density at radius 1 is 1.42 bits per heavy atom. The number of carbonyl (C=O) groups excluding carboxylic acids is 1. The average molecular weight is 348 g/mol. The van der Waals surface area contributed by atoms with Gasteiger partial charge in [-0.25, -0.2) is 14.4 Å². The van der Waals surface area contributed by atoms with Gasteiger partial charge in [-0.3, -0.25) is 14.9 Å². The predicted molar refractivity (Wildman–Crippen MR) is 86.1 cm³/mol. The molecule has 0 bridgehead atoms. The van der Waals surface area contributed by atoms with E-state index < -0.39 is 17.3 Å². The lowest BCUT2D eigenvalue weighted by molar-refractivity contribution is 0.102. The van der Waals surface area contributed by atoms with Gasteiger partial charge in [-0.05, 0) is 19.1 Å². The summed E-state index contributed by atoms with van der Waals surface area (Å²) in [4.78, 5) is 33.9. The Kier molecular flexibility index (Phi) is 4.34. The molecule has 1 amide bonds. The highest BCUT2D eigenvalue weighted by Gasteiger charge is 2.13. The summed E-state index contributed by atoms with van der Waals surface area (Å²) in [5.41, 5.74) is 0.297. The zero-order chi connectivity index (χ0) is 17.1. The molecular weight excluding hydrogens is 337 g/mol. The number of nitrogens with one attached hydrogen (secondary N) is 2. The lowest BCUT2D eigenvalue weighted by atomic mass is 10.2. The number of amides is 1. The molecule has 0 aliphatic heterocycles. The van der Waals surface area contributed by atoms with E-state index in [4.69, 9.17) is 4.74 Å². The maximum atomic E-state index is 13.8. The van der Waals surface area contributed by atoms with Crippen LogP contribution in [0.5, 0.6) is 11.5 Å². The maximum absolute atomic E-state index is 13.8. The van der Waals surface area contributed by atoms with E-state index in [0.717, 1.165) is 17.8 Å². The quantitative estimate of drug-likeness (QED) is 0.707. The Bertz CT molecular complexity index is 954. The maximum Gasteiger partial charge on any atom is 0.293 e. The third kappa shape index (κ3) is 3.63. The van der Waals surface area contributed by atoms with Gasteiger partial charge in [0, 0.05) is 17.0 Å². The molecule has 122 valence electrons. The predicted octanol–water partition coefficient (Wildman–Crippen LogP) is 2.72. The average Bonchev–Trinajstić information content (AvgIpc) is 2.94. The molecule has 0 spiro atoms. The van der Waals surface area contributed by atoms with Crippen LogP contribution in [-0.4, -0.2) is 20.9 Å². The third-order valence-corrected chi connectivity index (χ3v) is 3.76. The molecule has 7 nitrogen and oxygen atoms in total. The van der Waals surface area contributed by atoms with Gasteiger partial charge < -0.3 is 9.72 Å². The Hall–Kier alpha value is -3.07. The van der Waals surface area contributed by atoms with Crippen LogP contribution in [0.3, 0.4) is 0 Å². The van der Waals surface area contributed by atoms with Gasteiger partial charge in [0.25, 0.3) is 11.5 Å². The van der Waals surface area contributed by atoms with Gasteiger partial charge in [0.05, 0.1) is 18.2 Å². The fourth-order valence-electron chi connectivity index (χ4n) is 1.86. The van der Waals surface area contributed by atoms with E-state index in [9.17, 15) is 14.0 Å². The van der Waals surface area contributed by atoms with Crippen molar-refractivity contribution >= 4 is 22.4 Å². The zero-order valence-corrected chi connectivity index (χ0v) is 13.2. The molecule has 2 aromatic heterocycles. The highest BCUT2D eigenvalue weighted by atomic mass is 32.1. The summed E-state index contributed by atoms with van der Waals surface area (Å²) >= 11 is 1.26. The molecule has 2 N–H and O–H groups in total. The number of aryl methyl sites for hydroxylation is 1. The van der Waals surface area contributed by atoms with Crippen LogP contribution in [0.1, 0.15) is 16.1 Å². The Morgan fingerprint density at radius 2 is 2.25 bits per heavy atom. The van der Waals surface area contributed by atoms with E-state index in [2.05, 4.69) is 20.3 Å². The van der Waals surface area contributed by atoms with Crippen molar-refractivity contribution in [3.05, 3.63) is 63.5 Å². The van der Waals surface area contributed by atoms with Gasteiger partial charge in [-0.15, -0.1) is 11.3 Å². The van der Waals surface area contributed by atoms with E-state index in [1.807, 2.05) is 0 Å². The van der Waals surface area contributed by atoms with Crippen molar-refractivity contribution in [1.29, 1.82) is 0 Å². The largest absolute Gasteiger partial charge is 0.450 e. The molecule has 0 saturated heterocycles. The van der Waals surface area contributed by atoms with Crippen LogP contribution in [0.2, 0.25) is 0 Å². The SMILES string of the molecule is Cc1csc(NC(=O)c2cc(F)cc(Oc3cnc[nH]c3=[18O])c2)n1. The van der Waals surface area contributed by atoms with E-state index >= 15 is 0 Å². The minimum absolute atomic E-state index is 0.00830. The lowest BCUT2D eigenvalue weighted by Crippen LogP contribution is -2.13. The molecule has 0 atom stereocenters. The summed E-state index contributed by atoms with van der Waals surface area (Å²) in [6.45, 7) is 1.80. The molecule has 0 aliphatic rings. The fourth-order valence-corrected chi connectivity index (χ4v) is 2.55. The van der Waals surface area contributed by atoms with Crippen molar-refractivity contribution in [2.45, 2.75) is 6.92 Å². The second-order valence-electron chi connectivity index (χ2n) is 4.77. The number of ether oxygens (including phenoxy) is 1. The van der Waals surface area contributed by atoms with Gasteiger partial charge >= 0.3 is 0 Å². The summed E-state index contributed by atoms with van der Waals surface area (Å²) in [7, 11) is 0. The summed E-state index contributed by atoms with van der Waals surface area (Å²) in [5.74, 6) is -1.30. The molecule has 2 heterocycles. The third-order valence-electron chi connectivity index (χ3n) is 2.89. The highest BCUT2D eigenvalue weighted by Crippen LogP contribution is 2.22. The second kappa shape index (κ2) is 6.59. The summed E-state index contributed by atoms with van der Waals surface area (Å²) in [6, 6.07) is 3.46. The summed E-state index contributed by atoms with van der Waals surface area (Å²) < 4.78 is 19.1. The van der Waals surface area contributed by atoms with Crippen molar-refractivity contribution in [1.82, 2.24) is 15.0 Å². The number of rotatable bonds is 4. The molecule has 9 heteroatoms. The number of hydrogen-bond acceptors (Lipinski definition) is 6. The minimum Gasteiger partial charge on any atom is -0.450 e. The van der Waals surface area contributed by atoms with Crippen LogP contribution in [0.25, 0.3) is 0 Å². The zero-order valence-electron chi connectivity index (χ0n) is 12.4. The summed E-state index contributed by atoms with van der Waals surface area (Å²) in [5, 5.41) is 4.77. The number of hydrogen-bond donors (Lipinski definition) is 2. The first-order valence-electron chi connectivity index (χ1n) is 6.76. The first-order chi connectivity index (χ1) is 11.5. The van der Waals surface area contributed by atoms with Crippen molar-refractivity contribution in [3.8, 4) is 11.5 Å². The van der Waals surface area contributed by atoms with E-state index in [0.29, 0.717) is 5.13 Å². The van der Waals surface area contributed by atoms with Crippen LogP contribution in [0, 0.1) is 12.7 Å². The molecule has 0 radical (unpaired) electrons. The molecule has 24 heavy (non-hydrogen) atoms. The van der Waals surface area contributed by atoms with Gasteiger partial charge in [0.15, 0.2) is 5.13 Å². The number of carbonyl (C=O) groups is 1. The fraction of sp³-hybridized carbons (Fsp3) is 0.0667. The molecule has 0 fully saturated rings. The topological polar surface area (TPSA) is 97.0 Å². The van der Waals surface area contributed by atoms with Crippen molar-refractivity contribution < 1.29 is 13.9 Å². The number of benzene rings is 1. The number of aromatic nitrogens is 3. The monoisotopic (exact) mass is 348 g/mol. The lowest BCUT2D eigenvalue weighted by Gasteiger charge is -2.07. The Morgan fingerprint density at radius 3 is 2.96 bits per heavy atom. The van der Waals surface area contributed by atoms with E-state index in [1.165, 1.54) is 29.9 Å². The van der Waals surface area contributed by atoms with Gasteiger partial charge in [0.1, 0.15) is 11.6 Å². The van der Waals surface area contributed by atoms with Crippen molar-refractivity contribution in [2.24, 2.45) is 0 Å². The minimum atomic E-state index is -0.673. The standard InChI is InChI=1S/C15H11FN4O3S/c1-8-6-24-15(19-8)20-13(21)9-2-10(16)4-11(3-9)23-12-5-17-7-18-14(12)22/h2-7H,1H3,(H,17,18,22)(H,19,20,21)/i22+2. The van der Waals surface area contributed by atoms with Crippen molar-refractivity contribution in [3.63, 3.8) is 0 Å². The van der Waals surface area contributed by atoms with Crippen LogP contribution in [-0.2, 0) is 0 Å². The number of halogens is 1. The summed E-state index contributed by atoms with van der Waals surface area (Å²) in [6.07, 6.45) is 2.40. The Labute approximate surface area is 139 Å². The number of nitrogens with zero attached hydrogens (tertiary/aromatic N) is 2. The van der Waals surface area contributed by atoms with Crippen LogP contribution in [0.15, 0.2) is 40.9 Å². The number of H-pyrrole nitrogens is 1. The molecule has 0 saturated carbocycles.